The van der Waals surface area contributed by atoms with E-state index < -0.39 is 28.9 Å². The Morgan fingerprint density at radius 2 is 2.05 bits per heavy atom. The summed E-state index contributed by atoms with van der Waals surface area (Å²) in [6.45, 7) is 1.58. The number of benzene rings is 1. The Labute approximate surface area is 112 Å². The molecule has 0 amide bonds. The topological polar surface area (TPSA) is 76.3 Å². The molecule has 2 N–H and O–H groups in total. The number of aryl methyl sites for hydroxylation is 1. The molecule has 1 heterocycles. The summed E-state index contributed by atoms with van der Waals surface area (Å²) >= 11 is 0. The van der Waals surface area contributed by atoms with Crippen LogP contribution in [0, 0.1) is 23.8 Å². The van der Waals surface area contributed by atoms with E-state index in [9.17, 15) is 18.8 Å². The number of aromatic carboxylic acids is 1. The standard InChI is InChI=1S/C13H10F2N2O3/c1-7-3-2-6-17(20)12(7)16-11-8(13(18)19)4-5-9(14)10(11)15/h2-6,16H,1H3,(H,18,19). The molecule has 1 aromatic carbocycles. The lowest BCUT2D eigenvalue weighted by molar-refractivity contribution is -0.590. The van der Waals surface area contributed by atoms with Crippen LogP contribution >= 0.6 is 0 Å². The van der Waals surface area contributed by atoms with Crippen molar-refractivity contribution >= 4 is 17.5 Å². The minimum Gasteiger partial charge on any atom is -0.711 e. The van der Waals surface area contributed by atoms with Gasteiger partial charge in [0.15, 0.2) is 11.5 Å². The van der Waals surface area contributed by atoms with Crippen LogP contribution in [-0.2, 0) is 0 Å². The number of halogens is 2. The number of anilines is 2. The second-order valence-electron chi connectivity index (χ2n) is 4.08. The van der Waals surface area contributed by atoms with Crippen LogP contribution in [0.1, 0.15) is 15.9 Å². The van der Waals surface area contributed by atoms with Crippen LogP contribution in [0.25, 0.3) is 0 Å². The number of aromatic nitrogens is 1. The molecule has 0 unspecified atom stereocenters. The first kappa shape index (κ1) is 13.7. The summed E-state index contributed by atoms with van der Waals surface area (Å²) in [5.74, 6) is -4.06. The molecule has 0 fully saturated rings. The lowest BCUT2D eigenvalue weighted by atomic mass is 10.1. The highest BCUT2D eigenvalue weighted by Gasteiger charge is 2.23. The van der Waals surface area contributed by atoms with E-state index in [4.69, 9.17) is 5.11 Å². The molecule has 0 aliphatic heterocycles. The maximum absolute atomic E-state index is 13.8. The molecular weight excluding hydrogens is 270 g/mol. The van der Waals surface area contributed by atoms with E-state index in [-0.39, 0.29) is 5.82 Å². The number of carboxylic acid groups (broad SMARTS) is 1. The van der Waals surface area contributed by atoms with Crippen LogP contribution in [-0.4, -0.2) is 11.1 Å². The molecule has 0 aliphatic rings. The second kappa shape index (κ2) is 5.12. The Hall–Kier alpha value is -2.70. The molecule has 5 nitrogen and oxygen atoms in total. The van der Waals surface area contributed by atoms with Crippen LogP contribution in [0.4, 0.5) is 20.3 Å². The summed E-state index contributed by atoms with van der Waals surface area (Å²) < 4.78 is 27.4. The van der Waals surface area contributed by atoms with Gasteiger partial charge in [-0.1, -0.05) is 0 Å². The molecule has 7 heteroatoms. The highest BCUT2D eigenvalue weighted by Crippen LogP contribution is 2.26. The summed E-state index contributed by atoms with van der Waals surface area (Å²) in [6.07, 6.45) is 1.16. The average Bonchev–Trinajstić information content (AvgIpc) is 2.38. The predicted octanol–water partition coefficient (Wildman–Crippen LogP) is 2.35. The quantitative estimate of drug-likeness (QED) is 0.668. The van der Waals surface area contributed by atoms with Gasteiger partial charge in [0.05, 0.1) is 6.20 Å². The molecule has 0 saturated carbocycles. The van der Waals surface area contributed by atoms with Gasteiger partial charge in [-0.05, 0) is 31.2 Å². The van der Waals surface area contributed by atoms with Crippen molar-refractivity contribution in [3.05, 3.63) is 58.4 Å². The summed E-state index contributed by atoms with van der Waals surface area (Å²) in [5, 5.41) is 23.0. The zero-order valence-electron chi connectivity index (χ0n) is 10.4. The minimum atomic E-state index is -1.43. The number of carbonyl (C=O) groups is 1. The Balaban J connectivity index is 2.58. The van der Waals surface area contributed by atoms with E-state index in [1.165, 1.54) is 6.07 Å². The number of carboxylic acids is 1. The van der Waals surface area contributed by atoms with Crippen LogP contribution in [0.5, 0.6) is 0 Å². The van der Waals surface area contributed by atoms with Crippen LogP contribution in [0.3, 0.4) is 0 Å². The number of nitrogens with zero attached hydrogens (tertiary/aromatic N) is 1. The average molecular weight is 280 g/mol. The summed E-state index contributed by atoms with van der Waals surface area (Å²) in [7, 11) is 0. The summed E-state index contributed by atoms with van der Waals surface area (Å²) in [6, 6.07) is 4.70. The van der Waals surface area contributed by atoms with Gasteiger partial charge < -0.3 is 10.3 Å². The highest BCUT2D eigenvalue weighted by molar-refractivity contribution is 5.95. The first-order chi connectivity index (χ1) is 9.41. The Bertz CT molecular complexity index is 669. The summed E-state index contributed by atoms with van der Waals surface area (Å²) in [5.41, 5.74) is -0.592. The third kappa shape index (κ3) is 2.37. The van der Waals surface area contributed by atoms with Crippen LogP contribution in [0.2, 0.25) is 0 Å². The lowest BCUT2D eigenvalue weighted by Crippen LogP contribution is -2.30. The molecule has 0 saturated heterocycles. The number of nitrogens with one attached hydrogen (secondary N) is 1. The van der Waals surface area contributed by atoms with Gasteiger partial charge in [0.2, 0.25) is 5.82 Å². The summed E-state index contributed by atoms with van der Waals surface area (Å²) in [4.78, 5) is 11.0. The normalized spacial score (nSPS) is 10.3. The Morgan fingerprint density at radius 3 is 2.65 bits per heavy atom. The van der Waals surface area contributed by atoms with E-state index in [1.54, 1.807) is 13.0 Å². The van der Waals surface area contributed by atoms with Crippen LogP contribution < -0.4 is 10.0 Å². The fraction of sp³-hybridized carbons (Fsp3) is 0.0769. The van der Waals surface area contributed by atoms with Crippen molar-refractivity contribution in [2.75, 3.05) is 5.32 Å². The number of hydrogen-bond donors (Lipinski definition) is 2. The molecule has 1 aromatic heterocycles. The molecule has 2 aromatic rings. The van der Waals surface area contributed by atoms with Gasteiger partial charge in [0.25, 0.3) is 5.82 Å². The van der Waals surface area contributed by atoms with Gasteiger partial charge in [0, 0.05) is 5.56 Å². The van der Waals surface area contributed by atoms with Gasteiger partial charge in [-0.15, -0.1) is 0 Å². The van der Waals surface area contributed by atoms with Gasteiger partial charge in [-0.25, -0.2) is 19.2 Å². The van der Waals surface area contributed by atoms with E-state index in [0.717, 1.165) is 12.3 Å². The van der Waals surface area contributed by atoms with Gasteiger partial charge in [-0.2, -0.15) is 4.39 Å². The molecule has 0 spiro atoms. The van der Waals surface area contributed by atoms with Gasteiger partial charge >= 0.3 is 5.97 Å². The number of pyridine rings is 1. The van der Waals surface area contributed by atoms with Crippen molar-refractivity contribution < 1.29 is 23.4 Å². The molecule has 0 radical (unpaired) electrons. The van der Waals surface area contributed by atoms with Crippen molar-refractivity contribution in [2.45, 2.75) is 6.92 Å². The number of rotatable bonds is 3. The van der Waals surface area contributed by atoms with E-state index >= 15 is 0 Å². The van der Waals surface area contributed by atoms with Crippen molar-refractivity contribution in [3.63, 3.8) is 0 Å². The second-order valence-corrected chi connectivity index (χ2v) is 4.08. The third-order valence-corrected chi connectivity index (χ3v) is 2.73. The largest absolute Gasteiger partial charge is 0.711 e. The molecule has 20 heavy (non-hydrogen) atoms. The van der Waals surface area contributed by atoms with E-state index in [1.807, 2.05) is 0 Å². The maximum Gasteiger partial charge on any atom is 0.340 e. The Morgan fingerprint density at radius 1 is 1.35 bits per heavy atom. The maximum atomic E-state index is 13.8. The minimum absolute atomic E-state index is 0.0699. The highest BCUT2D eigenvalue weighted by atomic mass is 19.2. The zero-order valence-corrected chi connectivity index (χ0v) is 10.4. The fourth-order valence-electron chi connectivity index (χ4n) is 1.72. The molecule has 2 rings (SSSR count). The monoisotopic (exact) mass is 280 g/mol. The molecule has 0 bridgehead atoms. The molecule has 104 valence electrons. The first-order valence-corrected chi connectivity index (χ1v) is 5.59. The van der Waals surface area contributed by atoms with Gasteiger partial charge in [0.1, 0.15) is 5.56 Å². The van der Waals surface area contributed by atoms with Crippen molar-refractivity contribution in [3.8, 4) is 0 Å². The fourth-order valence-corrected chi connectivity index (χ4v) is 1.72. The smallest absolute Gasteiger partial charge is 0.340 e. The lowest BCUT2D eigenvalue weighted by Gasteiger charge is -2.12. The van der Waals surface area contributed by atoms with Crippen molar-refractivity contribution in [1.29, 1.82) is 0 Å². The first-order valence-electron chi connectivity index (χ1n) is 5.59. The third-order valence-electron chi connectivity index (χ3n) is 2.73. The van der Waals surface area contributed by atoms with Gasteiger partial charge in [-0.3, -0.25) is 0 Å². The van der Waals surface area contributed by atoms with E-state index in [2.05, 4.69) is 5.32 Å². The zero-order chi connectivity index (χ0) is 14.9. The molecular formula is C13H10F2N2O3. The van der Waals surface area contributed by atoms with Crippen LogP contribution in [0.15, 0.2) is 30.5 Å². The number of hydrogen-bond acceptors (Lipinski definition) is 3. The SMILES string of the molecule is Cc1ccc[n+]([O-])c1Nc1c(C(=O)O)ccc(F)c1F. The molecule has 0 atom stereocenters. The van der Waals surface area contributed by atoms with E-state index in [0.29, 0.717) is 16.4 Å². The van der Waals surface area contributed by atoms with Crippen molar-refractivity contribution in [1.82, 2.24) is 0 Å². The van der Waals surface area contributed by atoms with Crippen molar-refractivity contribution in [2.24, 2.45) is 0 Å². The predicted molar refractivity (Wildman–Crippen MR) is 66.7 cm³/mol. The Kier molecular flexibility index (Phi) is 3.51. The molecule has 0 aliphatic carbocycles.